The van der Waals surface area contributed by atoms with E-state index in [4.69, 9.17) is 14.7 Å². The van der Waals surface area contributed by atoms with E-state index in [1.54, 1.807) is 7.11 Å². The SMILES string of the molecule is CCC1CCCC(c2nc(COC)c(I)c(NC)n2)C1. The first-order chi connectivity index (χ1) is 9.69. The van der Waals surface area contributed by atoms with Gasteiger partial charge in [-0.05, 0) is 41.4 Å². The van der Waals surface area contributed by atoms with E-state index in [0.29, 0.717) is 12.5 Å². The average Bonchev–Trinajstić information content (AvgIpc) is 2.49. The molecule has 0 spiro atoms. The van der Waals surface area contributed by atoms with E-state index >= 15 is 0 Å². The van der Waals surface area contributed by atoms with Crippen LogP contribution < -0.4 is 5.32 Å². The average molecular weight is 389 g/mol. The zero-order chi connectivity index (χ0) is 14.5. The number of hydrogen-bond donors (Lipinski definition) is 1. The van der Waals surface area contributed by atoms with Crippen LogP contribution in [0.1, 0.15) is 56.5 Å². The Hall–Kier alpha value is -0.430. The highest BCUT2D eigenvalue weighted by Crippen LogP contribution is 2.37. The lowest BCUT2D eigenvalue weighted by molar-refractivity contribution is 0.180. The highest BCUT2D eigenvalue weighted by Gasteiger charge is 2.25. The van der Waals surface area contributed by atoms with Crippen molar-refractivity contribution in [1.82, 2.24) is 9.97 Å². The number of nitrogens with one attached hydrogen (secondary N) is 1. The third-order valence-electron chi connectivity index (χ3n) is 4.18. The number of halogens is 1. The molecule has 0 saturated heterocycles. The first kappa shape index (κ1) is 15.9. The maximum atomic E-state index is 5.27. The quantitative estimate of drug-likeness (QED) is 0.775. The molecule has 1 aliphatic rings. The van der Waals surface area contributed by atoms with Crippen LogP contribution in [0.5, 0.6) is 0 Å². The predicted octanol–water partition coefficient (Wildman–Crippen LogP) is 3.95. The van der Waals surface area contributed by atoms with Crippen molar-refractivity contribution in [3.63, 3.8) is 0 Å². The fourth-order valence-corrected chi connectivity index (χ4v) is 3.66. The molecule has 2 unspecified atom stereocenters. The van der Waals surface area contributed by atoms with E-state index in [1.165, 1.54) is 32.1 Å². The van der Waals surface area contributed by atoms with Crippen LogP contribution in [0.2, 0.25) is 0 Å². The highest BCUT2D eigenvalue weighted by molar-refractivity contribution is 14.1. The van der Waals surface area contributed by atoms with Crippen molar-refractivity contribution in [2.75, 3.05) is 19.5 Å². The molecule has 1 N–H and O–H groups in total. The molecule has 0 aliphatic heterocycles. The van der Waals surface area contributed by atoms with E-state index in [9.17, 15) is 0 Å². The normalized spacial score (nSPS) is 22.8. The fourth-order valence-electron chi connectivity index (χ4n) is 2.99. The van der Waals surface area contributed by atoms with Crippen molar-refractivity contribution >= 4 is 28.4 Å². The van der Waals surface area contributed by atoms with Gasteiger partial charge in [0.2, 0.25) is 0 Å². The highest BCUT2D eigenvalue weighted by atomic mass is 127. The molecule has 112 valence electrons. The molecule has 4 nitrogen and oxygen atoms in total. The number of aromatic nitrogens is 2. The lowest BCUT2D eigenvalue weighted by atomic mass is 9.80. The first-order valence-electron chi connectivity index (χ1n) is 7.42. The lowest BCUT2D eigenvalue weighted by Gasteiger charge is -2.28. The summed E-state index contributed by atoms with van der Waals surface area (Å²) in [5.41, 5.74) is 1.00. The molecule has 1 aliphatic carbocycles. The minimum atomic E-state index is 0.508. The molecule has 0 amide bonds. The van der Waals surface area contributed by atoms with E-state index in [2.05, 4.69) is 34.8 Å². The molecule has 2 rings (SSSR count). The number of rotatable bonds is 5. The first-order valence-corrected chi connectivity index (χ1v) is 8.50. The van der Waals surface area contributed by atoms with Crippen molar-refractivity contribution in [3.05, 3.63) is 15.1 Å². The van der Waals surface area contributed by atoms with Crippen LogP contribution in [-0.4, -0.2) is 24.1 Å². The van der Waals surface area contributed by atoms with Gasteiger partial charge in [-0.2, -0.15) is 0 Å². The van der Waals surface area contributed by atoms with E-state index < -0.39 is 0 Å². The number of anilines is 1. The summed E-state index contributed by atoms with van der Waals surface area (Å²) in [5, 5.41) is 3.18. The summed E-state index contributed by atoms with van der Waals surface area (Å²) in [4.78, 5) is 9.52. The zero-order valence-corrected chi connectivity index (χ0v) is 14.7. The molecule has 1 aromatic heterocycles. The predicted molar refractivity (Wildman–Crippen MR) is 90.0 cm³/mol. The standard InChI is InChI=1S/C15H24IN3O/c1-4-10-6-5-7-11(8-10)14-18-12(9-20-3)13(16)15(17-2)19-14/h10-11H,4-9H2,1-3H3,(H,17,18,19). The number of ether oxygens (including phenoxy) is 1. The van der Waals surface area contributed by atoms with E-state index in [0.717, 1.165) is 26.8 Å². The molecule has 1 fully saturated rings. The summed E-state index contributed by atoms with van der Waals surface area (Å²) >= 11 is 2.30. The minimum absolute atomic E-state index is 0.508. The molecule has 1 saturated carbocycles. The van der Waals surface area contributed by atoms with Crippen molar-refractivity contribution < 1.29 is 4.74 Å². The number of hydrogen-bond acceptors (Lipinski definition) is 4. The van der Waals surface area contributed by atoms with Gasteiger partial charge in [-0.15, -0.1) is 0 Å². The molecule has 1 aromatic rings. The molecule has 5 heteroatoms. The number of methoxy groups -OCH3 is 1. The second-order valence-electron chi connectivity index (χ2n) is 5.51. The molecule has 0 bridgehead atoms. The van der Waals surface area contributed by atoms with Crippen LogP contribution in [0.15, 0.2) is 0 Å². The van der Waals surface area contributed by atoms with Gasteiger partial charge in [0, 0.05) is 20.1 Å². The van der Waals surface area contributed by atoms with Gasteiger partial charge in [-0.3, -0.25) is 0 Å². The molecule has 0 radical (unpaired) electrons. The van der Waals surface area contributed by atoms with Gasteiger partial charge < -0.3 is 10.1 Å². The summed E-state index contributed by atoms with van der Waals surface area (Å²) < 4.78 is 6.34. The van der Waals surface area contributed by atoms with Gasteiger partial charge in [0.25, 0.3) is 0 Å². The smallest absolute Gasteiger partial charge is 0.143 e. The summed E-state index contributed by atoms with van der Waals surface area (Å²) in [6.45, 7) is 2.84. The van der Waals surface area contributed by atoms with Crippen molar-refractivity contribution in [2.24, 2.45) is 5.92 Å². The van der Waals surface area contributed by atoms with Gasteiger partial charge in [-0.1, -0.05) is 26.2 Å². The lowest BCUT2D eigenvalue weighted by Crippen LogP contribution is -2.18. The topological polar surface area (TPSA) is 47.0 Å². The third kappa shape index (κ3) is 3.61. The van der Waals surface area contributed by atoms with Crippen LogP contribution in [0.3, 0.4) is 0 Å². The Balaban J connectivity index is 2.28. The summed E-state index contributed by atoms with van der Waals surface area (Å²) in [7, 11) is 3.63. The summed E-state index contributed by atoms with van der Waals surface area (Å²) in [6, 6.07) is 0. The maximum absolute atomic E-state index is 5.27. The molecule has 1 heterocycles. The van der Waals surface area contributed by atoms with Gasteiger partial charge in [0.15, 0.2) is 0 Å². The van der Waals surface area contributed by atoms with Gasteiger partial charge >= 0.3 is 0 Å². The fraction of sp³-hybridized carbons (Fsp3) is 0.733. The maximum Gasteiger partial charge on any atom is 0.143 e. The van der Waals surface area contributed by atoms with E-state index in [1.807, 2.05) is 7.05 Å². The van der Waals surface area contributed by atoms with Gasteiger partial charge in [0.1, 0.15) is 11.6 Å². The van der Waals surface area contributed by atoms with Crippen molar-refractivity contribution in [2.45, 2.75) is 51.6 Å². The van der Waals surface area contributed by atoms with Crippen LogP contribution in [0.25, 0.3) is 0 Å². The van der Waals surface area contributed by atoms with Crippen LogP contribution in [0.4, 0.5) is 5.82 Å². The van der Waals surface area contributed by atoms with Crippen LogP contribution in [0, 0.1) is 9.49 Å². The van der Waals surface area contributed by atoms with E-state index in [-0.39, 0.29) is 0 Å². The largest absolute Gasteiger partial charge is 0.378 e. The summed E-state index contributed by atoms with van der Waals surface area (Å²) in [6.07, 6.45) is 6.37. The van der Waals surface area contributed by atoms with Crippen molar-refractivity contribution in [1.29, 1.82) is 0 Å². The molecular weight excluding hydrogens is 365 g/mol. The second-order valence-corrected chi connectivity index (χ2v) is 6.59. The monoisotopic (exact) mass is 389 g/mol. The Labute approximate surface area is 135 Å². The van der Waals surface area contributed by atoms with Gasteiger partial charge in [-0.25, -0.2) is 9.97 Å². The summed E-state index contributed by atoms with van der Waals surface area (Å²) in [5.74, 6) is 3.27. The Kier molecular flexibility index (Phi) is 6.01. The van der Waals surface area contributed by atoms with Crippen LogP contribution in [-0.2, 0) is 11.3 Å². The van der Waals surface area contributed by atoms with Gasteiger partial charge in [0.05, 0.1) is 15.9 Å². The molecule has 20 heavy (non-hydrogen) atoms. The Bertz CT molecular complexity index is 453. The van der Waals surface area contributed by atoms with Crippen molar-refractivity contribution in [3.8, 4) is 0 Å². The minimum Gasteiger partial charge on any atom is -0.378 e. The Morgan fingerprint density at radius 3 is 2.80 bits per heavy atom. The van der Waals surface area contributed by atoms with Crippen LogP contribution >= 0.6 is 22.6 Å². The third-order valence-corrected chi connectivity index (χ3v) is 5.31. The Morgan fingerprint density at radius 2 is 2.15 bits per heavy atom. The zero-order valence-electron chi connectivity index (χ0n) is 12.6. The second kappa shape index (κ2) is 7.54. The number of nitrogens with zero attached hydrogens (tertiary/aromatic N) is 2. The molecule has 2 atom stereocenters. The Morgan fingerprint density at radius 1 is 1.35 bits per heavy atom. The molecule has 0 aromatic carbocycles. The molecular formula is C15H24IN3O.